The van der Waals surface area contributed by atoms with Crippen molar-refractivity contribution in [2.24, 2.45) is 5.10 Å². The van der Waals surface area contributed by atoms with Gasteiger partial charge in [-0.05, 0) is 23.6 Å². The standard InChI is InChI=1S/C16H16FN5S/c1-16(2,3)13-7-10-14(19-9-20-15(10)23-13)22-21-8-12-11(17)5-4-6-18-12/h4-9H,1-3H3,(H,19,20,22). The van der Waals surface area contributed by atoms with E-state index in [1.165, 1.54) is 35.7 Å². The lowest BCUT2D eigenvalue weighted by Gasteiger charge is -2.14. The van der Waals surface area contributed by atoms with Crippen LogP contribution in [-0.2, 0) is 5.41 Å². The van der Waals surface area contributed by atoms with Gasteiger partial charge in [0.1, 0.15) is 16.9 Å². The fourth-order valence-corrected chi connectivity index (χ4v) is 3.02. The first-order valence-electron chi connectivity index (χ1n) is 7.10. The summed E-state index contributed by atoms with van der Waals surface area (Å²) in [6.07, 6.45) is 4.34. The van der Waals surface area contributed by atoms with Gasteiger partial charge in [-0.2, -0.15) is 5.10 Å². The lowest BCUT2D eigenvalue weighted by atomic mass is 9.94. The van der Waals surface area contributed by atoms with Crippen molar-refractivity contribution < 1.29 is 4.39 Å². The largest absolute Gasteiger partial charge is 0.261 e. The molecule has 0 aliphatic carbocycles. The van der Waals surface area contributed by atoms with Crippen molar-refractivity contribution in [3.63, 3.8) is 0 Å². The first-order valence-corrected chi connectivity index (χ1v) is 7.91. The molecule has 0 saturated heterocycles. The molecule has 23 heavy (non-hydrogen) atoms. The maximum absolute atomic E-state index is 13.5. The van der Waals surface area contributed by atoms with E-state index in [0.29, 0.717) is 5.82 Å². The average Bonchev–Trinajstić information content (AvgIpc) is 2.94. The molecule has 0 unspecified atom stereocenters. The lowest BCUT2D eigenvalue weighted by molar-refractivity contribution is 0.604. The molecule has 0 bridgehead atoms. The quantitative estimate of drug-likeness (QED) is 0.583. The van der Waals surface area contributed by atoms with E-state index in [2.05, 4.69) is 52.3 Å². The number of hydrogen-bond donors (Lipinski definition) is 1. The summed E-state index contributed by atoms with van der Waals surface area (Å²) < 4.78 is 13.5. The van der Waals surface area contributed by atoms with E-state index in [1.54, 1.807) is 11.3 Å². The van der Waals surface area contributed by atoms with Crippen LogP contribution in [0.3, 0.4) is 0 Å². The third kappa shape index (κ3) is 3.34. The highest BCUT2D eigenvalue weighted by Gasteiger charge is 2.18. The van der Waals surface area contributed by atoms with Gasteiger partial charge in [0, 0.05) is 11.1 Å². The van der Waals surface area contributed by atoms with E-state index < -0.39 is 5.82 Å². The maximum Gasteiger partial charge on any atom is 0.158 e. The summed E-state index contributed by atoms with van der Waals surface area (Å²) >= 11 is 1.64. The molecule has 0 saturated carbocycles. The second-order valence-corrected chi connectivity index (χ2v) is 7.07. The molecule has 0 amide bonds. The van der Waals surface area contributed by atoms with Crippen LogP contribution in [0.2, 0.25) is 0 Å². The number of anilines is 1. The SMILES string of the molecule is CC(C)(C)c1cc2c(NN=Cc3ncccc3F)ncnc2s1. The summed E-state index contributed by atoms with van der Waals surface area (Å²) in [6.45, 7) is 6.46. The van der Waals surface area contributed by atoms with Crippen LogP contribution in [0.25, 0.3) is 10.2 Å². The van der Waals surface area contributed by atoms with Gasteiger partial charge in [0.05, 0.1) is 11.6 Å². The van der Waals surface area contributed by atoms with E-state index in [4.69, 9.17) is 0 Å². The normalized spacial score (nSPS) is 12.2. The summed E-state index contributed by atoms with van der Waals surface area (Å²) in [6, 6.07) is 4.94. The fraction of sp³-hybridized carbons (Fsp3) is 0.250. The molecule has 0 radical (unpaired) electrons. The van der Waals surface area contributed by atoms with Crippen molar-refractivity contribution in [2.45, 2.75) is 26.2 Å². The number of pyridine rings is 1. The van der Waals surface area contributed by atoms with Crippen molar-refractivity contribution in [1.82, 2.24) is 15.0 Å². The molecule has 0 aliphatic rings. The highest BCUT2D eigenvalue weighted by Crippen LogP contribution is 2.35. The molecular weight excluding hydrogens is 313 g/mol. The van der Waals surface area contributed by atoms with Crippen LogP contribution in [0, 0.1) is 5.82 Å². The zero-order valence-corrected chi connectivity index (χ0v) is 13.9. The topological polar surface area (TPSA) is 63.1 Å². The molecule has 1 N–H and O–H groups in total. The molecule has 3 heterocycles. The first kappa shape index (κ1) is 15.5. The predicted octanol–water partition coefficient (Wildman–Crippen LogP) is 3.97. The second kappa shape index (κ2) is 6.00. The van der Waals surface area contributed by atoms with Gasteiger partial charge in [-0.15, -0.1) is 11.3 Å². The molecule has 0 spiro atoms. The Morgan fingerprint density at radius 2 is 2.09 bits per heavy atom. The van der Waals surface area contributed by atoms with Gasteiger partial charge in [-0.1, -0.05) is 20.8 Å². The molecular formula is C16H16FN5S. The summed E-state index contributed by atoms with van der Waals surface area (Å²) in [5.74, 6) is 0.172. The molecule has 3 aromatic heterocycles. The predicted molar refractivity (Wildman–Crippen MR) is 91.5 cm³/mol. The number of thiophene rings is 1. The number of hydrogen-bond acceptors (Lipinski definition) is 6. The smallest absolute Gasteiger partial charge is 0.158 e. The Balaban J connectivity index is 1.89. The molecule has 0 aromatic carbocycles. The van der Waals surface area contributed by atoms with Gasteiger partial charge < -0.3 is 0 Å². The summed E-state index contributed by atoms with van der Waals surface area (Å²) in [4.78, 5) is 14.5. The number of aromatic nitrogens is 3. The van der Waals surface area contributed by atoms with Crippen molar-refractivity contribution in [2.75, 3.05) is 5.43 Å². The van der Waals surface area contributed by atoms with E-state index in [1.807, 2.05) is 0 Å². The van der Waals surface area contributed by atoms with Gasteiger partial charge in [0.25, 0.3) is 0 Å². The summed E-state index contributed by atoms with van der Waals surface area (Å²) in [5.41, 5.74) is 3.06. The van der Waals surface area contributed by atoms with Crippen LogP contribution in [0.15, 0.2) is 35.8 Å². The van der Waals surface area contributed by atoms with Crippen LogP contribution >= 0.6 is 11.3 Å². The average molecular weight is 329 g/mol. The Labute approximate surface area is 137 Å². The van der Waals surface area contributed by atoms with Crippen LogP contribution < -0.4 is 5.43 Å². The van der Waals surface area contributed by atoms with Crippen molar-refractivity contribution in [1.29, 1.82) is 0 Å². The minimum Gasteiger partial charge on any atom is -0.261 e. The number of nitrogens with zero attached hydrogens (tertiary/aromatic N) is 4. The minimum absolute atomic E-state index is 0.0446. The Hall–Kier alpha value is -2.41. The Morgan fingerprint density at radius 1 is 1.26 bits per heavy atom. The second-order valence-electron chi connectivity index (χ2n) is 6.04. The number of nitrogens with one attached hydrogen (secondary N) is 1. The molecule has 0 atom stereocenters. The van der Waals surface area contributed by atoms with E-state index in [-0.39, 0.29) is 11.1 Å². The molecule has 3 rings (SSSR count). The van der Waals surface area contributed by atoms with Crippen LogP contribution in [0.4, 0.5) is 10.2 Å². The van der Waals surface area contributed by atoms with Crippen molar-refractivity contribution >= 4 is 33.6 Å². The lowest BCUT2D eigenvalue weighted by Crippen LogP contribution is -2.07. The van der Waals surface area contributed by atoms with Crippen LogP contribution in [0.1, 0.15) is 31.3 Å². The van der Waals surface area contributed by atoms with Gasteiger partial charge in [0.15, 0.2) is 11.6 Å². The van der Waals surface area contributed by atoms with Gasteiger partial charge in [-0.3, -0.25) is 10.4 Å². The Bertz CT molecular complexity index is 866. The van der Waals surface area contributed by atoms with Gasteiger partial charge in [0.2, 0.25) is 0 Å². The van der Waals surface area contributed by atoms with Crippen LogP contribution in [-0.4, -0.2) is 21.2 Å². The van der Waals surface area contributed by atoms with Crippen molar-refractivity contribution in [3.05, 3.63) is 47.1 Å². The summed E-state index contributed by atoms with van der Waals surface area (Å²) in [5, 5.41) is 4.93. The van der Waals surface area contributed by atoms with Crippen LogP contribution in [0.5, 0.6) is 0 Å². The third-order valence-electron chi connectivity index (χ3n) is 3.21. The monoisotopic (exact) mass is 329 g/mol. The van der Waals surface area contributed by atoms with Gasteiger partial charge >= 0.3 is 0 Å². The van der Waals surface area contributed by atoms with E-state index in [9.17, 15) is 4.39 Å². The maximum atomic E-state index is 13.5. The Kier molecular flexibility index (Phi) is 4.04. The van der Waals surface area contributed by atoms with E-state index >= 15 is 0 Å². The zero-order chi connectivity index (χ0) is 16.4. The highest BCUT2D eigenvalue weighted by atomic mass is 32.1. The minimum atomic E-state index is -0.420. The molecule has 3 aromatic rings. The fourth-order valence-electron chi connectivity index (χ4n) is 1.96. The number of hydrazone groups is 1. The molecule has 7 heteroatoms. The summed E-state index contributed by atoms with van der Waals surface area (Å²) in [7, 11) is 0. The number of halogens is 1. The molecule has 118 valence electrons. The number of rotatable bonds is 3. The molecule has 0 aliphatic heterocycles. The van der Waals surface area contributed by atoms with Gasteiger partial charge in [-0.25, -0.2) is 14.4 Å². The van der Waals surface area contributed by atoms with Crippen molar-refractivity contribution in [3.8, 4) is 0 Å². The van der Waals surface area contributed by atoms with E-state index in [0.717, 1.165) is 10.2 Å². The third-order valence-corrected chi connectivity index (χ3v) is 4.68. The number of fused-ring (bicyclic) bond motifs is 1. The highest BCUT2D eigenvalue weighted by molar-refractivity contribution is 7.18. The Morgan fingerprint density at radius 3 is 2.83 bits per heavy atom. The molecule has 0 fully saturated rings. The first-order chi connectivity index (χ1) is 10.9. The molecule has 5 nitrogen and oxygen atoms in total. The zero-order valence-electron chi connectivity index (χ0n) is 13.0.